The number of benzene rings is 2. The van der Waals surface area contributed by atoms with Gasteiger partial charge in [0.05, 0.1) is 23.8 Å². The summed E-state index contributed by atoms with van der Waals surface area (Å²) in [6, 6.07) is 9.45. The second kappa shape index (κ2) is 13.8. The van der Waals surface area contributed by atoms with E-state index in [1.165, 1.54) is 18.6 Å². The molecule has 1 aliphatic heterocycles. The molecule has 3 N–H and O–H groups in total. The number of fused-ring (bicyclic) bond motifs is 1. The molecule has 0 bridgehead atoms. The molecule has 0 saturated heterocycles. The summed E-state index contributed by atoms with van der Waals surface area (Å²) in [5, 5.41) is 15.8. The van der Waals surface area contributed by atoms with Crippen molar-refractivity contribution in [3.8, 4) is 5.75 Å². The predicted molar refractivity (Wildman–Crippen MR) is 154 cm³/mol. The fraction of sp³-hybridized carbons (Fsp3) is 0.548. The molecule has 3 amide bonds. The number of nitrogens with zero attached hydrogens (tertiary/aromatic N) is 2. The number of ether oxygens (including phenoxy) is 1. The number of anilines is 1. The Morgan fingerprint density at radius 1 is 1.14 bits per heavy atom. The molecule has 42 heavy (non-hydrogen) atoms. The van der Waals surface area contributed by atoms with Crippen LogP contribution < -0.4 is 15.4 Å². The van der Waals surface area contributed by atoms with Crippen molar-refractivity contribution in [1.29, 1.82) is 0 Å². The van der Waals surface area contributed by atoms with E-state index in [2.05, 4.69) is 10.6 Å². The third-order valence-corrected chi connectivity index (χ3v) is 8.09. The molecule has 8 nitrogen and oxygen atoms in total. The third-order valence-electron chi connectivity index (χ3n) is 8.09. The lowest BCUT2D eigenvalue weighted by atomic mass is 9.96. The van der Waals surface area contributed by atoms with Gasteiger partial charge in [-0.25, -0.2) is 4.79 Å². The van der Waals surface area contributed by atoms with Crippen molar-refractivity contribution < 1.29 is 32.6 Å². The zero-order valence-corrected chi connectivity index (χ0v) is 24.4. The molecule has 3 atom stereocenters. The van der Waals surface area contributed by atoms with Crippen LogP contribution >= 0.6 is 0 Å². The number of amides is 3. The van der Waals surface area contributed by atoms with Crippen LogP contribution in [-0.2, 0) is 12.7 Å². The maximum absolute atomic E-state index is 13.7. The highest BCUT2D eigenvalue weighted by Gasteiger charge is 2.34. The molecule has 1 fully saturated rings. The van der Waals surface area contributed by atoms with Crippen LogP contribution in [0.2, 0.25) is 0 Å². The van der Waals surface area contributed by atoms with Crippen LogP contribution in [0.3, 0.4) is 0 Å². The third kappa shape index (κ3) is 8.16. The van der Waals surface area contributed by atoms with Crippen molar-refractivity contribution in [1.82, 2.24) is 15.1 Å². The van der Waals surface area contributed by atoms with E-state index in [0.29, 0.717) is 31.1 Å². The van der Waals surface area contributed by atoms with Gasteiger partial charge in [-0.05, 0) is 62.7 Å². The molecule has 2 aromatic carbocycles. The van der Waals surface area contributed by atoms with Crippen LogP contribution in [0.5, 0.6) is 5.75 Å². The number of carbonyl (C=O) groups excluding carboxylic acids is 2. The van der Waals surface area contributed by atoms with Gasteiger partial charge in [-0.2, -0.15) is 13.2 Å². The van der Waals surface area contributed by atoms with Crippen molar-refractivity contribution in [2.45, 2.75) is 76.9 Å². The van der Waals surface area contributed by atoms with E-state index >= 15 is 0 Å². The Labute approximate surface area is 245 Å². The van der Waals surface area contributed by atoms with Gasteiger partial charge >= 0.3 is 12.2 Å². The lowest BCUT2D eigenvalue weighted by molar-refractivity contribution is -0.137. The Balaban J connectivity index is 1.51. The molecule has 0 radical (unpaired) electrons. The molecule has 230 valence electrons. The highest BCUT2D eigenvalue weighted by Crippen LogP contribution is 2.32. The SMILES string of the molecule is C[C@H]1CN([C@@H](C)CO)C(=O)c2cc(NC(=O)NC3CCCCC3)ccc2O[C@@H]1CN(C)Cc1ccc(C(F)(F)F)cc1. The smallest absolute Gasteiger partial charge is 0.416 e. The number of aliphatic hydroxyl groups is 1. The lowest BCUT2D eigenvalue weighted by Crippen LogP contribution is -2.49. The average molecular weight is 591 g/mol. The van der Waals surface area contributed by atoms with E-state index in [9.17, 15) is 27.9 Å². The van der Waals surface area contributed by atoms with Crippen LogP contribution in [0.4, 0.5) is 23.7 Å². The van der Waals surface area contributed by atoms with Crippen molar-refractivity contribution in [2.24, 2.45) is 5.92 Å². The number of nitrogens with one attached hydrogen (secondary N) is 2. The monoisotopic (exact) mass is 590 g/mol. The maximum atomic E-state index is 13.7. The van der Waals surface area contributed by atoms with Gasteiger partial charge in [-0.3, -0.25) is 9.69 Å². The molecule has 11 heteroatoms. The van der Waals surface area contributed by atoms with E-state index in [1.807, 2.05) is 18.9 Å². The van der Waals surface area contributed by atoms with E-state index < -0.39 is 17.8 Å². The van der Waals surface area contributed by atoms with Crippen LogP contribution in [0.25, 0.3) is 0 Å². The summed E-state index contributed by atoms with van der Waals surface area (Å²) in [6.45, 7) is 4.72. The van der Waals surface area contributed by atoms with Gasteiger partial charge in [0.25, 0.3) is 5.91 Å². The van der Waals surface area contributed by atoms with E-state index in [1.54, 1.807) is 30.0 Å². The summed E-state index contributed by atoms with van der Waals surface area (Å²) >= 11 is 0. The number of rotatable bonds is 8. The second-order valence-corrected chi connectivity index (χ2v) is 11.7. The van der Waals surface area contributed by atoms with Gasteiger partial charge in [0.2, 0.25) is 0 Å². The Kier molecular flexibility index (Phi) is 10.4. The minimum absolute atomic E-state index is 0.120. The highest BCUT2D eigenvalue weighted by molar-refractivity contribution is 5.99. The van der Waals surface area contributed by atoms with Crippen LogP contribution in [0.15, 0.2) is 42.5 Å². The number of likely N-dealkylation sites (N-methyl/N-ethyl adjacent to an activating group) is 1. The molecule has 1 heterocycles. The number of carbonyl (C=O) groups is 2. The van der Waals surface area contributed by atoms with E-state index in [-0.39, 0.29) is 42.2 Å². The summed E-state index contributed by atoms with van der Waals surface area (Å²) in [4.78, 5) is 29.9. The zero-order valence-electron chi connectivity index (χ0n) is 24.4. The van der Waals surface area contributed by atoms with E-state index in [4.69, 9.17) is 4.74 Å². The lowest BCUT2D eigenvalue weighted by Gasteiger charge is -2.38. The van der Waals surface area contributed by atoms with Crippen molar-refractivity contribution in [3.05, 3.63) is 59.2 Å². The quantitative estimate of drug-likeness (QED) is 0.377. The first-order valence-corrected chi connectivity index (χ1v) is 14.6. The molecule has 1 saturated carbocycles. The second-order valence-electron chi connectivity index (χ2n) is 11.7. The fourth-order valence-electron chi connectivity index (χ4n) is 5.60. The summed E-state index contributed by atoms with van der Waals surface area (Å²) in [7, 11) is 1.87. The van der Waals surface area contributed by atoms with Gasteiger partial charge < -0.3 is 25.4 Å². The molecule has 0 unspecified atom stereocenters. The molecular weight excluding hydrogens is 549 g/mol. The minimum atomic E-state index is -4.39. The number of aliphatic hydroxyl groups excluding tert-OH is 1. The van der Waals surface area contributed by atoms with Gasteiger partial charge in [-0.15, -0.1) is 0 Å². The topological polar surface area (TPSA) is 94.1 Å². The molecule has 1 aliphatic carbocycles. The average Bonchev–Trinajstić information content (AvgIpc) is 2.95. The number of halogens is 3. The molecule has 0 spiro atoms. The van der Waals surface area contributed by atoms with Crippen molar-refractivity contribution in [2.75, 3.05) is 32.1 Å². The Morgan fingerprint density at radius 2 is 1.83 bits per heavy atom. The molecule has 0 aromatic heterocycles. The number of urea groups is 1. The van der Waals surface area contributed by atoms with Crippen LogP contribution in [0, 0.1) is 5.92 Å². The van der Waals surface area contributed by atoms with Gasteiger partial charge in [0.15, 0.2) is 0 Å². The van der Waals surface area contributed by atoms with E-state index in [0.717, 1.165) is 43.4 Å². The summed E-state index contributed by atoms with van der Waals surface area (Å²) in [6.07, 6.45) is 0.513. The summed E-state index contributed by atoms with van der Waals surface area (Å²) in [5.74, 6) is -0.0515. The normalized spacial score (nSPS) is 20.8. The zero-order chi connectivity index (χ0) is 30.4. The number of alkyl halides is 3. The first-order valence-electron chi connectivity index (χ1n) is 14.6. The summed E-state index contributed by atoms with van der Waals surface area (Å²) in [5.41, 5.74) is 0.788. The van der Waals surface area contributed by atoms with Crippen molar-refractivity contribution in [3.63, 3.8) is 0 Å². The van der Waals surface area contributed by atoms with Gasteiger partial charge in [0.1, 0.15) is 11.9 Å². The molecular formula is C31H41F3N4O4. The number of hydrogen-bond donors (Lipinski definition) is 3. The van der Waals surface area contributed by atoms with Crippen LogP contribution in [0.1, 0.15) is 67.4 Å². The largest absolute Gasteiger partial charge is 0.488 e. The standard InChI is InChI=1S/C31H41F3N4O4/c1-20-16-38(21(2)19-39)29(40)26-15-25(36-30(41)35-24-7-5-4-6-8-24)13-14-27(26)42-28(20)18-37(3)17-22-9-11-23(12-10-22)31(32,33)34/h9-15,20-21,24,28,39H,4-8,16-19H2,1-3H3,(H2,35,36,41)/t20-,21-,28+/m0/s1. The first kappa shape index (κ1) is 31.6. The minimum Gasteiger partial charge on any atom is -0.488 e. The Hall–Kier alpha value is -3.31. The molecule has 4 rings (SSSR count). The first-order chi connectivity index (χ1) is 19.9. The maximum Gasteiger partial charge on any atom is 0.416 e. The summed E-state index contributed by atoms with van der Waals surface area (Å²) < 4.78 is 45.3. The molecule has 2 aromatic rings. The van der Waals surface area contributed by atoms with Crippen LogP contribution in [-0.4, -0.2) is 71.8 Å². The molecule has 2 aliphatic rings. The van der Waals surface area contributed by atoms with Gasteiger partial charge in [0, 0.05) is 37.3 Å². The Bertz CT molecular complexity index is 1220. The fourth-order valence-corrected chi connectivity index (χ4v) is 5.60. The van der Waals surface area contributed by atoms with Crippen molar-refractivity contribution >= 4 is 17.6 Å². The Morgan fingerprint density at radius 3 is 2.48 bits per heavy atom. The predicted octanol–water partition coefficient (Wildman–Crippen LogP) is 5.51. The highest BCUT2D eigenvalue weighted by atomic mass is 19.4. The van der Waals surface area contributed by atoms with Gasteiger partial charge in [-0.1, -0.05) is 38.3 Å². The number of hydrogen-bond acceptors (Lipinski definition) is 5.